The van der Waals surface area contributed by atoms with Gasteiger partial charge in [0.25, 0.3) is 5.24 Å². The number of rotatable bonds is 5. The highest BCUT2D eigenvalue weighted by molar-refractivity contribution is 8.14. The van der Waals surface area contributed by atoms with E-state index in [1.807, 2.05) is 0 Å². The van der Waals surface area contributed by atoms with Crippen LogP contribution in [0.4, 0.5) is 10.5 Å². The van der Waals surface area contributed by atoms with Crippen LogP contribution in [0.2, 0.25) is 0 Å². The van der Waals surface area contributed by atoms with Gasteiger partial charge in [-0.15, -0.1) is 0 Å². The predicted molar refractivity (Wildman–Crippen MR) is 103 cm³/mol. The lowest BCUT2D eigenvalue weighted by atomic mass is 10.0. The quantitative estimate of drug-likeness (QED) is 0.836. The molecular formula is C19H23N3O4S. The first-order valence-electron chi connectivity index (χ1n) is 9.16. The Morgan fingerprint density at radius 3 is 2.56 bits per heavy atom. The summed E-state index contributed by atoms with van der Waals surface area (Å²) in [5.41, 5.74) is 1.45. The normalized spacial score (nSPS) is 20.1. The third kappa shape index (κ3) is 4.50. The number of nitrogens with one attached hydrogen (secondary N) is 1. The second-order valence-electron chi connectivity index (χ2n) is 6.67. The van der Waals surface area contributed by atoms with Crippen LogP contribution in [0, 0.1) is 0 Å². The highest BCUT2D eigenvalue weighted by Gasteiger charge is 2.31. The van der Waals surface area contributed by atoms with Crippen molar-refractivity contribution in [3.05, 3.63) is 29.8 Å². The van der Waals surface area contributed by atoms with Gasteiger partial charge < -0.3 is 10.2 Å². The average molecular weight is 389 g/mol. The molecule has 0 saturated carbocycles. The molecule has 0 radical (unpaired) electrons. The third-order valence-corrected chi connectivity index (χ3v) is 5.69. The molecule has 8 heteroatoms. The molecule has 1 aromatic carbocycles. The van der Waals surface area contributed by atoms with Gasteiger partial charge in [0.1, 0.15) is 6.04 Å². The molecule has 0 bridgehead atoms. The van der Waals surface area contributed by atoms with Crippen molar-refractivity contribution in [2.45, 2.75) is 45.2 Å². The summed E-state index contributed by atoms with van der Waals surface area (Å²) in [6.07, 6.45) is 2.92. The van der Waals surface area contributed by atoms with E-state index >= 15 is 0 Å². The fourth-order valence-corrected chi connectivity index (χ4v) is 4.07. The van der Waals surface area contributed by atoms with Gasteiger partial charge in [0.05, 0.1) is 12.3 Å². The molecule has 3 rings (SSSR count). The van der Waals surface area contributed by atoms with Crippen LogP contribution in [0.5, 0.6) is 0 Å². The van der Waals surface area contributed by atoms with Crippen LogP contribution in [0.3, 0.4) is 0 Å². The van der Waals surface area contributed by atoms with Crippen LogP contribution in [-0.2, 0) is 20.9 Å². The summed E-state index contributed by atoms with van der Waals surface area (Å²) in [6.45, 7) is 2.67. The number of thioether (sulfide) groups is 1. The van der Waals surface area contributed by atoms with E-state index < -0.39 is 6.04 Å². The maximum absolute atomic E-state index is 12.6. The fourth-order valence-electron chi connectivity index (χ4n) is 3.34. The van der Waals surface area contributed by atoms with Gasteiger partial charge in [-0.2, -0.15) is 0 Å². The number of anilines is 1. The Hall–Kier alpha value is -2.35. The van der Waals surface area contributed by atoms with E-state index in [9.17, 15) is 19.2 Å². The van der Waals surface area contributed by atoms with Crippen molar-refractivity contribution < 1.29 is 19.2 Å². The minimum absolute atomic E-state index is 0.00279. The molecule has 144 valence electrons. The van der Waals surface area contributed by atoms with E-state index in [1.54, 1.807) is 36.1 Å². The highest BCUT2D eigenvalue weighted by Crippen LogP contribution is 2.23. The molecule has 7 nitrogen and oxygen atoms in total. The van der Waals surface area contributed by atoms with Crippen molar-refractivity contribution >= 4 is 40.4 Å². The Balaban J connectivity index is 1.62. The lowest BCUT2D eigenvalue weighted by Crippen LogP contribution is -2.49. The smallest absolute Gasteiger partial charge is 0.289 e. The Labute approximate surface area is 162 Å². The topological polar surface area (TPSA) is 86.8 Å². The van der Waals surface area contributed by atoms with E-state index in [2.05, 4.69) is 5.32 Å². The summed E-state index contributed by atoms with van der Waals surface area (Å²) in [5.74, 6) is -0.157. The summed E-state index contributed by atoms with van der Waals surface area (Å²) in [7, 11) is 0. The molecule has 0 spiro atoms. The van der Waals surface area contributed by atoms with E-state index in [0.717, 1.165) is 30.2 Å². The Morgan fingerprint density at radius 1 is 1.19 bits per heavy atom. The maximum Gasteiger partial charge on any atom is 0.289 e. The molecule has 1 N–H and O–H groups in total. The van der Waals surface area contributed by atoms with E-state index in [-0.39, 0.29) is 35.3 Å². The number of benzene rings is 1. The number of carbonyl (C=O) groups is 4. The van der Waals surface area contributed by atoms with Crippen LogP contribution in [0.25, 0.3) is 0 Å². The first kappa shape index (κ1) is 19.4. The van der Waals surface area contributed by atoms with Crippen molar-refractivity contribution in [3.8, 4) is 0 Å². The third-order valence-electron chi connectivity index (χ3n) is 4.83. The van der Waals surface area contributed by atoms with Gasteiger partial charge in [-0.05, 0) is 37.0 Å². The molecular weight excluding hydrogens is 366 g/mol. The molecule has 2 heterocycles. The molecule has 2 saturated heterocycles. The van der Waals surface area contributed by atoms with Gasteiger partial charge in [0, 0.05) is 18.7 Å². The summed E-state index contributed by atoms with van der Waals surface area (Å²) in [6, 6.07) is 6.65. The largest absolute Gasteiger partial charge is 0.331 e. The van der Waals surface area contributed by atoms with Gasteiger partial charge >= 0.3 is 0 Å². The van der Waals surface area contributed by atoms with Crippen molar-refractivity contribution in [1.29, 1.82) is 0 Å². The van der Waals surface area contributed by atoms with Crippen LogP contribution in [-0.4, -0.2) is 51.1 Å². The number of carbonyl (C=O) groups excluding carboxylic acids is 4. The van der Waals surface area contributed by atoms with Gasteiger partial charge in [0.15, 0.2) is 0 Å². The summed E-state index contributed by atoms with van der Waals surface area (Å²) >= 11 is 1.01. The molecule has 1 unspecified atom stereocenters. The van der Waals surface area contributed by atoms with Crippen molar-refractivity contribution in [3.63, 3.8) is 0 Å². The number of hydrogen-bond donors (Lipinski definition) is 1. The SMILES string of the molecule is CCC(=O)N1CCCCC1C(=O)Nc1ccc(CN2C(=O)CSC2=O)cc1. The number of amides is 4. The van der Waals surface area contributed by atoms with E-state index in [1.165, 1.54) is 4.90 Å². The Bertz CT molecular complexity index is 734. The molecule has 2 aliphatic heterocycles. The molecule has 0 aliphatic carbocycles. The predicted octanol–water partition coefficient (Wildman–Crippen LogP) is 2.61. The number of imide groups is 1. The second kappa shape index (κ2) is 8.56. The summed E-state index contributed by atoms with van der Waals surface area (Å²) < 4.78 is 0. The van der Waals surface area contributed by atoms with Gasteiger partial charge in [-0.1, -0.05) is 30.8 Å². The van der Waals surface area contributed by atoms with E-state index in [4.69, 9.17) is 0 Å². The number of nitrogens with zero attached hydrogens (tertiary/aromatic N) is 2. The van der Waals surface area contributed by atoms with Crippen molar-refractivity contribution in [2.24, 2.45) is 0 Å². The van der Waals surface area contributed by atoms with Crippen LogP contribution >= 0.6 is 11.8 Å². The minimum Gasteiger partial charge on any atom is -0.331 e. The lowest BCUT2D eigenvalue weighted by Gasteiger charge is -2.34. The monoisotopic (exact) mass is 389 g/mol. The number of piperidine rings is 1. The van der Waals surface area contributed by atoms with Crippen molar-refractivity contribution in [2.75, 3.05) is 17.6 Å². The van der Waals surface area contributed by atoms with Gasteiger partial charge in [-0.3, -0.25) is 24.1 Å². The van der Waals surface area contributed by atoms with Crippen molar-refractivity contribution in [1.82, 2.24) is 9.80 Å². The molecule has 1 atom stereocenters. The van der Waals surface area contributed by atoms with Crippen LogP contribution in [0.1, 0.15) is 38.2 Å². The first-order chi connectivity index (χ1) is 13.0. The van der Waals surface area contributed by atoms with Gasteiger partial charge in [0.2, 0.25) is 17.7 Å². The number of hydrogen-bond acceptors (Lipinski definition) is 5. The lowest BCUT2D eigenvalue weighted by molar-refractivity contribution is -0.140. The Kier molecular flexibility index (Phi) is 6.15. The Morgan fingerprint density at radius 2 is 1.93 bits per heavy atom. The van der Waals surface area contributed by atoms with Gasteiger partial charge in [-0.25, -0.2) is 0 Å². The van der Waals surface area contributed by atoms with Crippen LogP contribution in [0.15, 0.2) is 24.3 Å². The fraction of sp³-hybridized carbons (Fsp3) is 0.474. The molecule has 2 fully saturated rings. The zero-order valence-electron chi connectivity index (χ0n) is 15.3. The average Bonchev–Trinajstić information content (AvgIpc) is 3.00. The molecule has 1 aromatic rings. The highest BCUT2D eigenvalue weighted by atomic mass is 32.2. The minimum atomic E-state index is -0.428. The number of likely N-dealkylation sites (tertiary alicyclic amines) is 1. The summed E-state index contributed by atoms with van der Waals surface area (Å²) in [5, 5.41) is 2.65. The molecule has 4 amide bonds. The molecule has 0 aromatic heterocycles. The standard InChI is InChI=1S/C19H23N3O4S/c1-2-16(23)21-10-4-3-5-15(21)18(25)20-14-8-6-13(7-9-14)11-22-17(24)12-27-19(22)26/h6-9,15H,2-5,10-12H2,1H3,(H,20,25). The molecule has 2 aliphatic rings. The zero-order valence-corrected chi connectivity index (χ0v) is 16.1. The first-order valence-corrected chi connectivity index (χ1v) is 10.1. The molecule has 27 heavy (non-hydrogen) atoms. The summed E-state index contributed by atoms with van der Waals surface area (Å²) in [4.78, 5) is 51.0. The maximum atomic E-state index is 12.6. The van der Waals surface area contributed by atoms with E-state index in [0.29, 0.717) is 25.1 Å². The zero-order chi connectivity index (χ0) is 19.4. The van der Waals surface area contributed by atoms with Crippen LogP contribution < -0.4 is 5.32 Å². The second-order valence-corrected chi connectivity index (χ2v) is 7.60.